The quantitative estimate of drug-likeness (QED) is 0.921. The van der Waals surface area contributed by atoms with E-state index in [0.717, 1.165) is 12.1 Å². The molecule has 2 aromatic rings. The van der Waals surface area contributed by atoms with Gasteiger partial charge < -0.3 is 5.32 Å². The number of sulfone groups is 1. The Labute approximate surface area is 122 Å². The zero-order valence-electron chi connectivity index (χ0n) is 11.4. The average molecular weight is 311 g/mol. The first-order valence-electron chi connectivity index (χ1n) is 6.43. The highest BCUT2D eigenvalue weighted by atomic mass is 32.2. The van der Waals surface area contributed by atoms with Crippen molar-refractivity contribution in [1.29, 1.82) is 0 Å². The van der Waals surface area contributed by atoms with E-state index in [1.807, 2.05) is 0 Å². The topological polar surface area (TPSA) is 46.2 Å². The highest BCUT2D eigenvalue weighted by Crippen LogP contribution is 2.22. The van der Waals surface area contributed by atoms with Crippen LogP contribution in [0.2, 0.25) is 0 Å². The minimum Gasteiger partial charge on any atom is -0.380 e. The highest BCUT2D eigenvalue weighted by molar-refractivity contribution is 7.91. The smallest absolute Gasteiger partial charge is 0.180 e. The van der Waals surface area contributed by atoms with Gasteiger partial charge >= 0.3 is 0 Å². The first kappa shape index (κ1) is 15.4. The Kier molecular flexibility index (Phi) is 4.57. The minimum absolute atomic E-state index is 0.00311. The van der Waals surface area contributed by atoms with E-state index in [1.165, 1.54) is 12.1 Å². The van der Waals surface area contributed by atoms with E-state index in [0.29, 0.717) is 11.3 Å². The van der Waals surface area contributed by atoms with E-state index in [9.17, 15) is 17.2 Å². The first-order valence-corrected chi connectivity index (χ1v) is 8.09. The van der Waals surface area contributed by atoms with Gasteiger partial charge in [0, 0.05) is 6.54 Å². The van der Waals surface area contributed by atoms with Crippen molar-refractivity contribution in [2.24, 2.45) is 0 Å². The summed E-state index contributed by atoms with van der Waals surface area (Å²) in [6.45, 7) is 1.77. The standard InChI is InChI=1S/C15H15F2NO2S/c1-2-21(19,20)15-6-4-3-5-14(15)18-10-11-7-8-12(16)13(17)9-11/h3-9,18H,2,10H2,1H3. The summed E-state index contributed by atoms with van der Waals surface area (Å²) in [4.78, 5) is 0.204. The van der Waals surface area contributed by atoms with E-state index in [-0.39, 0.29) is 17.2 Å². The Morgan fingerprint density at radius 3 is 2.43 bits per heavy atom. The van der Waals surface area contributed by atoms with Gasteiger partial charge in [0.1, 0.15) is 0 Å². The molecule has 2 rings (SSSR count). The summed E-state index contributed by atoms with van der Waals surface area (Å²) in [5.74, 6) is -1.84. The molecule has 0 saturated heterocycles. The normalized spacial score (nSPS) is 11.4. The summed E-state index contributed by atoms with van der Waals surface area (Å²) >= 11 is 0. The summed E-state index contributed by atoms with van der Waals surface area (Å²) in [5, 5.41) is 2.95. The van der Waals surface area contributed by atoms with Crippen molar-refractivity contribution < 1.29 is 17.2 Å². The molecule has 0 heterocycles. The Balaban J connectivity index is 2.23. The van der Waals surface area contributed by atoms with Gasteiger partial charge in [-0.15, -0.1) is 0 Å². The molecule has 0 saturated carbocycles. The fraction of sp³-hybridized carbons (Fsp3) is 0.200. The summed E-state index contributed by atoms with van der Waals surface area (Å²) in [6.07, 6.45) is 0. The average Bonchev–Trinajstić information content (AvgIpc) is 2.49. The summed E-state index contributed by atoms with van der Waals surface area (Å²) in [7, 11) is -3.34. The molecule has 0 radical (unpaired) electrons. The van der Waals surface area contributed by atoms with E-state index in [2.05, 4.69) is 5.32 Å². The molecule has 0 amide bonds. The first-order chi connectivity index (χ1) is 9.94. The van der Waals surface area contributed by atoms with Crippen LogP contribution in [0.4, 0.5) is 14.5 Å². The van der Waals surface area contributed by atoms with E-state index in [4.69, 9.17) is 0 Å². The maximum atomic E-state index is 13.1. The fourth-order valence-corrected chi connectivity index (χ4v) is 2.96. The summed E-state index contributed by atoms with van der Waals surface area (Å²) < 4.78 is 49.9. The number of halogens is 2. The van der Waals surface area contributed by atoms with E-state index >= 15 is 0 Å². The number of hydrogen-bond acceptors (Lipinski definition) is 3. The molecule has 6 heteroatoms. The molecule has 1 N–H and O–H groups in total. The Morgan fingerprint density at radius 2 is 1.76 bits per heavy atom. The van der Waals surface area contributed by atoms with Crippen molar-refractivity contribution in [2.75, 3.05) is 11.1 Å². The van der Waals surface area contributed by atoms with E-state index in [1.54, 1.807) is 25.1 Å². The third kappa shape index (κ3) is 3.58. The molecule has 0 aromatic heterocycles. The number of para-hydroxylation sites is 1. The molecule has 0 aliphatic heterocycles. The second-order valence-corrected chi connectivity index (χ2v) is 6.75. The summed E-state index contributed by atoms with van der Waals surface area (Å²) in [6, 6.07) is 10.1. The number of nitrogens with one attached hydrogen (secondary N) is 1. The lowest BCUT2D eigenvalue weighted by Crippen LogP contribution is -2.09. The third-order valence-corrected chi connectivity index (χ3v) is 4.86. The highest BCUT2D eigenvalue weighted by Gasteiger charge is 2.15. The second-order valence-electron chi connectivity index (χ2n) is 4.50. The molecular formula is C15H15F2NO2S. The molecule has 21 heavy (non-hydrogen) atoms. The molecule has 0 aliphatic carbocycles. The number of hydrogen-bond donors (Lipinski definition) is 1. The molecule has 3 nitrogen and oxygen atoms in total. The lowest BCUT2D eigenvalue weighted by atomic mass is 10.2. The van der Waals surface area contributed by atoms with Gasteiger partial charge in [-0.05, 0) is 29.8 Å². The van der Waals surface area contributed by atoms with Crippen LogP contribution >= 0.6 is 0 Å². The van der Waals surface area contributed by atoms with Crippen LogP contribution in [0.1, 0.15) is 12.5 Å². The lowest BCUT2D eigenvalue weighted by molar-refractivity contribution is 0.507. The molecule has 0 unspecified atom stereocenters. The lowest BCUT2D eigenvalue weighted by Gasteiger charge is -2.12. The van der Waals surface area contributed by atoms with Crippen molar-refractivity contribution >= 4 is 15.5 Å². The van der Waals surface area contributed by atoms with Crippen LogP contribution in [0.5, 0.6) is 0 Å². The zero-order valence-corrected chi connectivity index (χ0v) is 12.3. The molecule has 0 fully saturated rings. The van der Waals surface area contributed by atoms with Crippen molar-refractivity contribution in [3.63, 3.8) is 0 Å². The van der Waals surface area contributed by atoms with Crippen LogP contribution in [-0.4, -0.2) is 14.2 Å². The molecular weight excluding hydrogens is 296 g/mol. The second kappa shape index (κ2) is 6.22. The van der Waals surface area contributed by atoms with Crippen LogP contribution in [-0.2, 0) is 16.4 Å². The molecule has 0 aliphatic rings. The monoisotopic (exact) mass is 311 g/mol. The Morgan fingerprint density at radius 1 is 1.05 bits per heavy atom. The zero-order chi connectivity index (χ0) is 15.5. The van der Waals surface area contributed by atoms with Crippen molar-refractivity contribution in [3.8, 4) is 0 Å². The Bertz CT molecular complexity index is 745. The van der Waals surface area contributed by atoms with Gasteiger partial charge in [0.2, 0.25) is 0 Å². The van der Waals surface area contributed by atoms with Crippen molar-refractivity contribution in [2.45, 2.75) is 18.4 Å². The maximum absolute atomic E-state index is 13.1. The molecule has 0 spiro atoms. The third-order valence-electron chi connectivity index (χ3n) is 3.07. The fourth-order valence-electron chi connectivity index (χ4n) is 1.89. The van der Waals surface area contributed by atoms with Gasteiger partial charge in [-0.1, -0.05) is 25.1 Å². The Hall–Kier alpha value is -1.95. The van der Waals surface area contributed by atoms with Gasteiger partial charge in [-0.25, -0.2) is 17.2 Å². The van der Waals surface area contributed by atoms with Crippen LogP contribution in [0.15, 0.2) is 47.4 Å². The predicted molar refractivity (Wildman–Crippen MR) is 77.9 cm³/mol. The van der Waals surface area contributed by atoms with Crippen molar-refractivity contribution in [1.82, 2.24) is 0 Å². The molecule has 2 aromatic carbocycles. The molecule has 0 bridgehead atoms. The van der Waals surface area contributed by atoms with Crippen LogP contribution < -0.4 is 5.32 Å². The van der Waals surface area contributed by atoms with Gasteiger partial charge in [0.05, 0.1) is 16.3 Å². The predicted octanol–water partition coefficient (Wildman–Crippen LogP) is 3.37. The minimum atomic E-state index is -3.34. The van der Waals surface area contributed by atoms with Gasteiger partial charge in [0.15, 0.2) is 21.5 Å². The van der Waals surface area contributed by atoms with Gasteiger partial charge in [-0.2, -0.15) is 0 Å². The van der Waals surface area contributed by atoms with Crippen LogP contribution in [0.25, 0.3) is 0 Å². The number of anilines is 1. The molecule has 112 valence electrons. The van der Waals surface area contributed by atoms with Gasteiger partial charge in [0.25, 0.3) is 0 Å². The largest absolute Gasteiger partial charge is 0.380 e. The number of benzene rings is 2. The van der Waals surface area contributed by atoms with Crippen LogP contribution in [0.3, 0.4) is 0 Å². The SMILES string of the molecule is CCS(=O)(=O)c1ccccc1NCc1ccc(F)c(F)c1. The maximum Gasteiger partial charge on any atom is 0.180 e. The van der Waals surface area contributed by atoms with Crippen molar-refractivity contribution in [3.05, 3.63) is 59.7 Å². The van der Waals surface area contributed by atoms with Gasteiger partial charge in [-0.3, -0.25) is 0 Å². The number of rotatable bonds is 5. The molecule has 0 atom stereocenters. The van der Waals surface area contributed by atoms with E-state index < -0.39 is 21.5 Å². The summed E-state index contributed by atoms with van der Waals surface area (Å²) in [5.41, 5.74) is 0.974. The van der Waals surface area contributed by atoms with Crippen LogP contribution in [0, 0.1) is 11.6 Å².